The molecule has 6 nitrogen and oxygen atoms in total. The van der Waals surface area contributed by atoms with Gasteiger partial charge in [0.1, 0.15) is 5.04 Å². The number of anilines is 2. The summed E-state index contributed by atoms with van der Waals surface area (Å²) in [5.74, 6) is -4.46. The Balaban J connectivity index is 2.01. The molecule has 0 aliphatic rings. The summed E-state index contributed by atoms with van der Waals surface area (Å²) >= 11 is 0.783. The molecule has 0 unspecified atom stereocenters. The van der Waals surface area contributed by atoms with Crippen LogP contribution in [0.25, 0.3) is 0 Å². The zero-order valence-electron chi connectivity index (χ0n) is 18.2. The summed E-state index contributed by atoms with van der Waals surface area (Å²) in [5.41, 5.74) is 0.497. The van der Waals surface area contributed by atoms with E-state index in [1.165, 1.54) is 24.9 Å². The van der Waals surface area contributed by atoms with E-state index >= 15 is 0 Å². The number of methoxy groups -OCH3 is 1. The van der Waals surface area contributed by atoms with Gasteiger partial charge in [-0.15, -0.1) is 0 Å². The van der Waals surface area contributed by atoms with Crippen molar-refractivity contribution in [3.8, 4) is 5.75 Å². The average Bonchev–Trinajstić information content (AvgIpc) is 2.79. The van der Waals surface area contributed by atoms with Crippen molar-refractivity contribution in [3.63, 3.8) is 0 Å². The van der Waals surface area contributed by atoms with E-state index in [4.69, 9.17) is 4.74 Å². The van der Waals surface area contributed by atoms with Crippen molar-refractivity contribution in [2.24, 2.45) is 4.99 Å². The summed E-state index contributed by atoms with van der Waals surface area (Å²) in [7, 11) is 2.52. The first-order chi connectivity index (χ1) is 16.1. The molecule has 0 atom stereocenters. The lowest BCUT2D eigenvalue weighted by Gasteiger charge is -2.17. The fourth-order valence-electron chi connectivity index (χ4n) is 2.96. The minimum Gasteiger partial charge on any atom is -0.490 e. The molecule has 1 N–H and O–H groups in total. The van der Waals surface area contributed by atoms with Gasteiger partial charge in [-0.25, -0.2) is 22.0 Å². The number of ether oxygens (including phenoxy) is 1. The largest absolute Gasteiger partial charge is 0.490 e. The summed E-state index contributed by atoms with van der Waals surface area (Å²) < 4.78 is 73.2. The van der Waals surface area contributed by atoms with Crippen LogP contribution in [0, 0.1) is 24.4 Å². The first-order valence-corrected chi connectivity index (χ1v) is 10.5. The third-order valence-electron chi connectivity index (χ3n) is 4.66. The summed E-state index contributed by atoms with van der Waals surface area (Å²) in [5, 5.41) is 2.58. The van der Waals surface area contributed by atoms with Gasteiger partial charge in [-0.2, -0.15) is 4.98 Å². The molecule has 180 valence electrons. The summed E-state index contributed by atoms with van der Waals surface area (Å²) in [6.07, 6.45) is -1.46. The van der Waals surface area contributed by atoms with Gasteiger partial charge in [0.05, 0.1) is 19.9 Å². The summed E-state index contributed by atoms with van der Waals surface area (Å²) in [6.45, 7) is 1.56. The van der Waals surface area contributed by atoms with Gasteiger partial charge in [0, 0.05) is 17.6 Å². The molecule has 0 saturated heterocycles. The molecular formula is C22H19F5N4O2S. The number of aromatic nitrogens is 2. The van der Waals surface area contributed by atoms with Crippen LogP contribution in [0.2, 0.25) is 0 Å². The van der Waals surface area contributed by atoms with Crippen molar-refractivity contribution in [3.05, 3.63) is 75.5 Å². The zero-order valence-corrected chi connectivity index (χ0v) is 19.0. The number of benzene rings is 2. The second kappa shape index (κ2) is 10.7. The van der Waals surface area contributed by atoms with Crippen LogP contribution in [0.1, 0.15) is 11.1 Å². The van der Waals surface area contributed by atoms with Gasteiger partial charge in [0.15, 0.2) is 17.5 Å². The van der Waals surface area contributed by atoms with E-state index in [1.807, 2.05) is 0 Å². The van der Waals surface area contributed by atoms with Crippen LogP contribution in [0.3, 0.4) is 0 Å². The quantitative estimate of drug-likeness (QED) is 0.160. The van der Waals surface area contributed by atoms with E-state index in [0.29, 0.717) is 16.1 Å². The Kier molecular flexibility index (Phi) is 7.92. The van der Waals surface area contributed by atoms with Crippen molar-refractivity contribution < 1.29 is 26.7 Å². The van der Waals surface area contributed by atoms with Crippen LogP contribution in [-0.4, -0.2) is 35.2 Å². The van der Waals surface area contributed by atoms with E-state index in [1.54, 1.807) is 25.1 Å². The highest BCUT2D eigenvalue weighted by Gasteiger charge is 2.17. The van der Waals surface area contributed by atoms with Crippen LogP contribution in [0.4, 0.5) is 33.6 Å². The normalized spacial score (nSPS) is 11.7. The fraction of sp³-hybridized carbons (Fsp3) is 0.227. The monoisotopic (exact) mass is 498 g/mol. The van der Waals surface area contributed by atoms with E-state index in [-0.39, 0.29) is 28.8 Å². The maximum absolute atomic E-state index is 13.7. The maximum atomic E-state index is 13.7. The molecule has 0 aliphatic carbocycles. The van der Waals surface area contributed by atoms with Crippen molar-refractivity contribution in [2.45, 2.75) is 24.8 Å². The van der Waals surface area contributed by atoms with Crippen molar-refractivity contribution in [2.75, 3.05) is 19.5 Å². The molecule has 0 spiro atoms. The molecule has 0 amide bonds. The lowest BCUT2D eigenvalue weighted by molar-refractivity contribution is 0.229. The summed E-state index contributed by atoms with van der Waals surface area (Å²) in [6, 6.07) is 6.54. The third-order valence-corrected chi connectivity index (χ3v) is 5.72. The molecular weight excluding hydrogens is 479 g/mol. The molecule has 1 aromatic heterocycles. The van der Waals surface area contributed by atoms with Crippen LogP contribution < -0.4 is 15.6 Å². The molecule has 3 aromatic rings. The van der Waals surface area contributed by atoms with E-state index < -0.39 is 29.4 Å². The van der Waals surface area contributed by atoms with Gasteiger partial charge in [-0.05, 0) is 42.3 Å². The van der Waals surface area contributed by atoms with E-state index in [9.17, 15) is 26.7 Å². The Morgan fingerprint density at radius 3 is 2.47 bits per heavy atom. The van der Waals surface area contributed by atoms with Gasteiger partial charge >= 0.3 is 5.56 Å². The number of rotatable bonds is 7. The zero-order chi connectivity index (χ0) is 25.0. The number of aliphatic imine (C=N–C) groups is 1. The molecule has 0 bridgehead atoms. The third kappa shape index (κ3) is 5.74. The fourth-order valence-corrected chi connectivity index (χ4v) is 3.69. The van der Waals surface area contributed by atoms with Crippen LogP contribution in [-0.2, 0) is 6.54 Å². The lowest BCUT2D eigenvalue weighted by atomic mass is 10.2. The van der Waals surface area contributed by atoms with Crippen molar-refractivity contribution in [1.29, 1.82) is 0 Å². The number of halogens is 5. The average molecular weight is 498 g/mol. The molecule has 0 saturated carbocycles. The standard InChI is InChI=1S/C22H19F5N4O2S/c1-11-4-5-13(34-21(28-2)19(26)27)8-16(11)29-22-30-20(32)17(33-3)10-31(22)9-12-6-14(23)18(25)15(24)7-12/h4-8,10,19H,9H2,1-3H3,(H,29,30,32). The van der Waals surface area contributed by atoms with Crippen LogP contribution in [0.15, 0.2) is 51.2 Å². The summed E-state index contributed by atoms with van der Waals surface area (Å²) in [4.78, 5) is 20.2. The second-order valence-electron chi connectivity index (χ2n) is 7.01. The first-order valence-electron chi connectivity index (χ1n) is 9.72. The first kappa shape index (κ1) is 25.2. The molecule has 0 radical (unpaired) electrons. The molecule has 34 heavy (non-hydrogen) atoms. The van der Waals surface area contributed by atoms with E-state index in [2.05, 4.69) is 15.3 Å². The molecule has 0 aliphatic heterocycles. The smallest absolute Gasteiger partial charge is 0.316 e. The highest BCUT2D eigenvalue weighted by molar-refractivity contribution is 8.14. The Morgan fingerprint density at radius 2 is 1.88 bits per heavy atom. The maximum Gasteiger partial charge on any atom is 0.316 e. The van der Waals surface area contributed by atoms with Gasteiger partial charge in [0.2, 0.25) is 11.7 Å². The number of nitrogens with zero attached hydrogens (tertiary/aromatic N) is 3. The number of hydrogen-bond acceptors (Lipinski definition) is 6. The number of alkyl halides is 2. The SMILES string of the molecule is CN=C(Sc1ccc(C)c(Nc2nc(=O)c(OC)cn2Cc2cc(F)c(F)c(F)c2)c1)C(F)F. The molecule has 3 rings (SSSR count). The van der Waals surface area contributed by atoms with E-state index in [0.717, 1.165) is 23.9 Å². The Morgan fingerprint density at radius 1 is 1.21 bits per heavy atom. The highest BCUT2D eigenvalue weighted by atomic mass is 32.2. The predicted molar refractivity (Wildman–Crippen MR) is 120 cm³/mol. The highest BCUT2D eigenvalue weighted by Crippen LogP contribution is 2.29. The number of aryl methyl sites for hydroxylation is 1. The van der Waals surface area contributed by atoms with Crippen molar-refractivity contribution >= 4 is 28.4 Å². The lowest BCUT2D eigenvalue weighted by Crippen LogP contribution is -2.19. The number of nitrogens with one attached hydrogen (secondary N) is 1. The Bertz CT molecular complexity index is 1270. The van der Waals surface area contributed by atoms with Gasteiger partial charge in [-0.1, -0.05) is 17.8 Å². The number of hydrogen-bond donors (Lipinski definition) is 1. The number of thioether (sulfide) groups is 1. The Labute approximate surface area is 195 Å². The van der Waals surface area contributed by atoms with Gasteiger partial charge in [0.25, 0.3) is 6.43 Å². The molecule has 1 heterocycles. The van der Waals surface area contributed by atoms with Crippen molar-refractivity contribution in [1.82, 2.24) is 9.55 Å². The second-order valence-corrected chi connectivity index (χ2v) is 8.10. The predicted octanol–water partition coefficient (Wildman–Crippen LogP) is 5.16. The molecule has 2 aromatic carbocycles. The van der Waals surface area contributed by atoms with Gasteiger partial charge < -0.3 is 14.6 Å². The minimum absolute atomic E-state index is 0.0144. The minimum atomic E-state index is -2.74. The van der Waals surface area contributed by atoms with Gasteiger partial charge in [-0.3, -0.25) is 9.79 Å². The van der Waals surface area contributed by atoms with Crippen LogP contribution in [0.5, 0.6) is 5.75 Å². The Hall–Kier alpha value is -3.41. The van der Waals surface area contributed by atoms with Crippen LogP contribution >= 0.6 is 11.8 Å². The topological polar surface area (TPSA) is 68.5 Å². The molecule has 0 fully saturated rings. The molecule has 12 heteroatoms.